The molecular formula is C20H16Cl2N4O4. The average molecular weight is 447 g/mol. The van der Waals surface area contributed by atoms with E-state index in [1.165, 1.54) is 18.2 Å². The Balaban J connectivity index is 1.58. The third kappa shape index (κ3) is 2.75. The number of carbonyl (C=O) groups excluding carboxylic acids is 2. The number of anilines is 1. The highest BCUT2D eigenvalue weighted by atomic mass is 35.5. The lowest BCUT2D eigenvalue weighted by Crippen LogP contribution is -2.44. The number of imide groups is 1. The topological polar surface area (TPSA) is 87.0 Å². The Morgan fingerprint density at radius 3 is 2.27 bits per heavy atom. The highest BCUT2D eigenvalue weighted by molar-refractivity contribution is 6.33. The van der Waals surface area contributed by atoms with Crippen molar-refractivity contribution in [2.45, 2.75) is 18.5 Å². The average Bonchev–Trinajstić information content (AvgIpc) is 3.36. The van der Waals surface area contributed by atoms with Crippen LogP contribution in [0.5, 0.6) is 0 Å². The first-order chi connectivity index (χ1) is 14.4. The van der Waals surface area contributed by atoms with Crippen molar-refractivity contribution in [3.05, 3.63) is 68.2 Å². The maximum atomic E-state index is 13.5. The molecule has 30 heavy (non-hydrogen) atoms. The molecule has 3 atom stereocenters. The second-order valence-electron chi connectivity index (χ2n) is 7.55. The highest BCUT2D eigenvalue weighted by Crippen LogP contribution is 2.49. The zero-order valence-electron chi connectivity index (χ0n) is 15.6. The number of fused-ring (bicyclic) bond motifs is 3. The molecule has 0 unspecified atom stereocenters. The molecule has 3 saturated heterocycles. The van der Waals surface area contributed by atoms with Crippen LogP contribution in [0, 0.1) is 16.0 Å². The number of nitro benzene ring substituents is 1. The van der Waals surface area contributed by atoms with Gasteiger partial charge in [-0.1, -0.05) is 35.3 Å². The highest BCUT2D eigenvalue weighted by Gasteiger charge is 2.62. The molecule has 2 aromatic carbocycles. The molecule has 154 valence electrons. The fourth-order valence-electron chi connectivity index (χ4n) is 4.81. The van der Waals surface area contributed by atoms with Gasteiger partial charge in [-0.3, -0.25) is 19.7 Å². The molecule has 10 heteroatoms. The molecule has 0 bridgehead atoms. The summed E-state index contributed by atoms with van der Waals surface area (Å²) in [6, 6.07) is 10.3. The molecule has 0 aromatic heterocycles. The maximum absolute atomic E-state index is 13.5. The van der Waals surface area contributed by atoms with Crippen LogP contribution in [0.15, 0.2) is 42.5 Å². The van der Waals surface area contributed by atoms with Crippen LogP contribution in [-0.4, -0.2) is 45.9 Å². The number of amides is 2. The SMILES string of the molecule is O=C1[C@@H]2[C@@H](c3ccc(Cl)cc3)N3CCCN3[C@H]2C(=O)N1c1ccc(Cl)c([N+](=O)[O-])c1. The second-order valence-corrected chi connectivity index (χ2v) is 8.40. The first-order valence-electron chi connectivity index (χ1n) is 9.49. The number of hydrazine groups is 1. The Morgan fingerprint density at radius 2 is 1.60 bits per heavy atom. The molecule has 2 aromatic rings. The lowest BCUT2D eigenvalue weighted by molar-refractivity contribution is -0.384. The van der Waals surface area contributed by atoms with Crippen LogP contribution in [0.4, 0.5) is 11.4 Å². The summed E-state index contributed by atoms with van der Waals surface area (Å²) in [7, 11) is 0. The van der Waals surface area contributed by atoms with Gasteiger partial charge in [-0.05, 0) is 36.2 Å². The summed E-state index contributed by atoms with van der Waals surface area (Å²) in [5.41, 5.74) is 0.726. The first kappa shape index (κ1) is 19.4. The molecule has 5 rings (SSSR count). The Hall–Kier alpha value is -2.52. The molecular weight excluding hydrogens is 431 g/mol. The summed E-state index contributed by atoms with van der Waals surface area (Å²) in [6.45, 7) is 1.44. The number of nitrogens with zero attached hydrogens (tertiary/aromatic N) is 4. The Kier molecular flexibility index (Phi) is 4.55. The zero-order chi connectivity index (χ0) is 21.2. The standard InChI is InChI=1S/C20H16Cl2N4O4/c21-12-4-2-11(3-5-12)17-16-18(24-9-1-8-23(17)24)20(28)25(19(16)27)13-6-7-14(22)15(10-13)26(29)30/h2-7,10,16-18H,1,8-9H2/t16-,17-,18-/m1/s1. The van der Waals surface area contributed by atoms with E-state index in [9.17, 15) is 19.7 Å². The van der Waals surface area contributed by atoms with E-state index < -0.39 is 16.9 Å². The van der Waals surface area contributed by atoms with E-state index in [1.807, 2.05) is 17.1 Å². The Bertz CT molecular complexity index is 1080. The minimum absolute atomic E-state index is 0.0483. The van der Waals surface area contributed by atoms with Gasteiger partial charge in [0.25, 0.3) is 11.6 Å². The summed E-state index contributed by atoms with van der Waals surface area (Å²) >= 11 is 11.9. The van der Waals surface area contributed by atoms with Gasteiger partial charge in [0.05, 0.1) is 22.6 Å². The van der Waals surface area contributed by atoms with Gasteiger partial charge < -0.3 is 0 Å². The van der Waals surface area contributed by atoms with Gasteiger partial charge in [-0.2, -0.15) is 0 Å². The third-order valence-electron chi connectivity index (χ3n) is 6.00. The van der Waals surface area contributed by atoms with Gasteiger partial charge in [0.1, 0.15) is 11.1 Å². The molecule has 0 saturated carbocycles. The molecule has 0 radical (unpaired) electrons. The van der Waals surface area contributed by atoms with Crippen molar-refractivity contribution >= 4 is 46.4 Å². The van der Waals surface area contributed by atoms with Crippen LogP contribution in [0.3, 0.4) is 0 Å². The van der Waals surface area contributed by atoms with E-state index in [4.69, 9.17) is 23.2 Å². The van der Waals surface area contributed by atoms with Gasteiger partial charge in [0, 0.05) is 24.2 Å². The number of rotatable bonds is 3. The summed E-state index contributed by atoms with van der Waals surface area (Å²) in [5, 5.41) is 15.9. The summed E-state index contributed by atoms with van der Waals surface area (Å²) in [4.78, 5) is 38.5. The van der Waals surface area contributed by atoms with E-state index >= 15 is 0 Å². The number of benzene rings is 2. The van der Waals surface area contributed by atoms with Gasteiger partial charge in [0.2, 0.25) is 5.91 Å². The van der Waals surface area contributed by atoms with E-state index in [1.54, 1.807) is 12.1 Å². The van der Waals surface area contributed by atoms with Gasteiger partial charge in [0.15, 0.2) is 0 Å². The second kappa shape index (κ2) is 7.02. The molecule has 3 aliphatic rings. The molecule has 8 nitrogen and oxygen atoms in total. The van der Waals surface area contributed by atoms with Gasteiger partial charge in [-0.15, -0.1) is 0 Å². The normalized spacial score (nSPS) is 26.3. The lowest BCUT2D eigenvalue weighted by atomic mass is 9.90. The predicted octanol–water partition coefficient (Wildman–Crippen LogP) is 3.44. The molecule has 2 amide bonds. The van der Waals surface area contributed by atoms with Crippen molar-refractivity contribution in [2.24, 2.45) is 5.92 Å². The predicted molar refractivity (Wildman–Crippen MR) is 110 cm³/mol. The summed E-state index contributed by atoms with van der Waals surface area (Å²) < 4.78 is 0. The van der Waals surface area contributed by atoms with Crippen molar-refractivity contribution in [1.29, 1.82) is 0 Å². The minimum Gasteiger partial charge on any atom is -0.274 e. The van der Waals surface area contributed by atoms with Crippen LogP contribution in [-0.2, 0) is 9.59 Å². The fraction of sp³-hybridized carbons (Fsp3) is 0.300. The Labute approximate surface area is 181 Å². The monoisotopic (exact) mass is 446 g/mol. The molecule has 3 heterocycles. The van der Waals surface area contributed by atoms with Crippen LogP contribution >= 0.6 is 23.2 Å². The molecule has 3 fully saturated rings. The van der Waals surface area contributed by atoms with Crippen molar-refractivity contribution < 1.29 is 14.5 Å². The minimum atomic E-state index is -0.629. The van der Waals surface area contributed by atoms with E-state index in [2.05, 4.69) is 5.01 Å². The fourth-order valence-corrected chi connectivity index (χ4v) is 5.12. The van der Waals surface area contributed by atoms with Crippen LogP contribution < -0.4 is 4.90 Å². The first-order valence-corrected chi connectivity index (χ1v) is 10.2. The van der Waals surface area contributed by atoms with E-state index in [-0.39, 0.29) is 34.3 Å². The largest absolute Gasteiger partial charge is 0.289 e. The van der Waals surface area contributed by atoms with Crippen molar-refractivity contribution in [2.75, 3.05) is 18.0 Å². The van der Waals surface area contributed by atoms with Crippen molar-refractivity contribution in [3.8, 4) is 0 Å². The van der Waals surface area contributed by atoms with Crippen molar-refractivity contribution in [1.82, 2.24) is 10.0 Å². The molecule has 0 N–H and O–H groups in total. The number of hydrogen-bond donors (Lipinski definition) is 0. The molecule has 0 aliphatic carbocycles. The number of halogens is 2. The zero-order valence-corrected chi connectivity index (χ0v) is 17.1. The van der Waals surface area contributed by atoms with Crippen LogP contribution in [0.2, 0.25) is 10.0 Å². The molecule has 3 aliphatic heterocycles. The van der Waals surface area contributed by atoms with Crippen LogP contribution in [0.25, 0.3) is 0 Å². The van der Waals surface area contributed by atoms with E-state index in [0.29, 0.717) is 11.6 Å². The van der Waals surface area contributed by atoms with Gasteiger partial charge in [-0.25, -0.2) is 14.9 Å². The van der Waals surface area contributed by atoms with Crippen LogP contribution in [0.1, 0.15) is 18.0 Å². The molecule has 0 spiro atoms. The smallest absolute Gasteiger partial charge is 0.274 e. The van der Waals surface area contributed by atoms with Crippen molar-refractivity contribution in [3.63, 3.8) is 0 Å². The van der Waals surface area contributed by atoms with E-state index in [0.717, 1.165) is 23.4 Å². The summed E-state index contributed by atoms with van der Waals surface area (Å²) in [6.07, 6.45) is 0.890. The number of nitro groups is 1. The maximum Gasteiger partial charge on any atom is 0.289 e. The lowest BCUT2D eigenvalue weighted by Gasteiger charge is -2.29. The van der Waals surface area contributed by atoms with Gasteiger partial charge >= 0.3 is 0 Å². The summed E-state index contributed by atoms with van der Waals surface area (Å²) in [5.74, 6) is -1.34. The quantitative estimate of drug-likeness (QED) is 0.407. The third-order valence-corrected chi connectivity index (χ3v) is 6.57. The Morgan fingerprint density at radius 1 is 0.933 bits per heavy atom. The number of carbonyl (C=O) groups is 2. The number of hydrogen-bond acceptors (Lipinski definition) is 6.